The Kier molecular flexibility index (Phi) is 5.08. The van der Waals surface area contributed by atoms with Crippen LogP contribution >= 0.6 is 11.3 Å². The number of halogens is 3. The Morgan fingerprint density at radius 2 is 2.10 bits per heavy atom. The molecule has 4 aromatic heterocycles. The number of pyridine rings is 1. The van der Waals surface area contributed by atoms with E-state index in [2.05, 4.69) is 25.4 Å². The first-order valence-electron chi connectivity index (χ1n) is 8.54. The molecule has 0 saturated heterocycles. The molecular formula is C18H13F3N6O2S. The predicted octanol–water partition coefficient (Wildman–Crippen LogP) is 4.11. The van der Waals surface area contributed by atoms with Gasteiger partial charge < -0.3 is 4.74 Å². The maximum Gasteiger partial charge on any atom is 0.432 e. The van der Waals surface area contributed by atoms with Gasteiger partial charge in [-0.2, -0.15) is 13.2 Å². The van der Waals surface area contributed by atoms with Crippen molar-refractivity contribution in [3.63, 3.8) is 0 Å². The molecule has 0 radical (unpaired) electrons. The number of carbonyl (C=O) groups is 1. The largest absolute Gasteiger partial charge is 0.432 e. The molecule has 30 heavy (non-hydrogen) atoms. The van der Waals surface area contributed by atoms with E-state index in [0.29, 0.717) is 16.5 Å². The number of aromatic nitrogens is 5. The van der Waals surface area contributed by atoms with Gasteiger partial charge in [-0.3, -0.25) is 0 Å². The molecule has 0 spiro atoms. The molecule has 0 aliphatic carbocycles. The van der Waals surface area contributed by atoms with Crippen molar-refractivity contribution in [2.45, 2.75) is 19.5 Å². The second-order valence-corrected chi connectivity index (χ2v) is 7.07. The normalized spacial score (nSPS) is 11.6. The highest BCUT2D eigenvalue weighted by atomic mass is 32.1. The number of nitrogens with zero attached hydrogens (tertiary/aromatic N) is 5. The third-order valence-corrected chi connectivity index (χ3v) is 4.78. The SMILES string of the molecule is Cc1nc(-c2nccs2)ncc1OC(=O)Nn1cc(CC(F)(F)F)c2cccnc21. The van der Waals surface area contributed by atoms with Crippen molar-refractivity contribution in [3.8, 4) is 16.6 Å². The van der Waals surface area contributed by atoms with Crippen LogP contribution in [0.5, 0.6) is 5.75 Å². The van der Waals surface area contributed by atoms with E-state index in [-0.39, 0.29) is 22.3 Å². The Balaban J connectivity index is 1.54. The molecule has 4 rings (SSSR count). The van der Waals surface area contributed by atoms with Crippen LogP contribution < -0.4 is 10.2 Å². The minimum atomic E-state index is -4.40. The third kappa shape index (κ3) is 4.22. The number of carbonyl (C=O) groups excluding carboxylic acids is 1. The van der Waals surface area contributed by atoms with Gasteiger partial charge in [0, 0.05) is 29.4 Å². The van der Waals surface area contributed by atoms with Crippen LogP contribution in [0.1, 0.15) is 11.3 Å². The van der Waals surface area contributed by atoms with Gasteiger partial charge in [-0.25, -0.2) is 34.8 Å². The lowest BCUT2D eigenvalue weighted by molar-refractivity contribution is -0.127. The first-order chi connectivity index (χ1) is 14.3. The van der Waals surface area contributed by atoms with E-state index in [4.69, 9.17) is 4.74 Å². The van der Waals surface area contributed by atoms with Crippen LogP contribution in [-0.4, -0.2) is 36.9 Å². The summed E-state index contributed by atoms with van der Waals surface area (Å²) in [4.78, 5) is 28.9. The summed E-state index contributed by atoms with van der Waals surface area (Å²) in [6, 6.07) is 3.03. The van der Waals surface area contributed by atoms with Crippen molar-refractivity contribution < 1.29 is 22.7 Å². The summed E-state index contributed by atoms with van der Waals surface area (Å²) < 4.78 is 44.9. The van der Waals surface area contributed by atoms with Gasteiger partial charge in [-0.05, 0) is 24.6 Å². The highest BCUT2D eigenvalue weighted by molar-refractivity contribution is 7.12. The molecule has 0 saturated carbocycles. The molecule has 0 fully saturated rings. The Morgan fingerprint density at radius 1 is 1.27 bits per heavy atom. The maximum atomic E-state index is 12.8. The molecule has 4 heterocycles. The Labute approximate surface area is 171 Å². The fraction of sp³-hybridized carbons (Fsp3) is 0.167. The molecule has 154 valence electrons. The van der Waals surface area contributed by atoms with E-state index in [1.54, 1.807) is 18.5 Å². The van der Waals surface area contributed by atoms with Crippen molar-refractivity contribution in [3.05, 3.63) is 53.6 Å². The lowest BCUT2D eigenvalue weighted by Crippen LogP contribution is -2.26. The summed E-state index contributed by atoms with van der Waals surface area (Å²) in [5.41, 5.74) is 2.92. The van der Waals surface area contributed by atoms with Crippen LogP contribution in [0.4, 0.5) is 18.0 Å². The lowest BCUT2D eigenvalue weighted by Gasteiger charge is -2.09. The van der Waals surface area contributed by atoms with E-state index in [9.17, 15) is 18.0 Å². The zero-order valence-corrected chi connectivity index (χ0v) is 16.2. The minimum Gasteiger partial charge on any atom is -0.406 e. The molecule has 0 bridgehead atoms. The van der Waals surface area contributed by atoms with Crippen molar-refractivity contribution in [2.24, 2.45) is 0 Å². The number of hydrogen-bond acceptors (Lipinski definition) is 7. The number of amides is 1. The first-order valence-corrected chi connectivity index (χ1v) is 9.42. The number of alkyl halides is 3. The summed E-state index contributed by atoms with van der Waals surface area (Å²) in [5.74, 6) is 0.500. The van der Waals surface area contributed by atoms with E-state index < -0.39 is 18.7 Å². The molecule has 1 N–H and O–H groups in total. The molecule has 8 nitrogen and oxygen atoms in total. The van der Waals surface area contributed by atoms with Crippen LogP contribution in [0.25, 0.3) is 21.9 Å². The molecule has 0 aliphatic heterocycles. The molecule has 4 aromatic rings. The number of fused-ring (bicyclic) bond motifs is 1. The number of thiazole rings is 1. The van der Waals surface area contributed by atoms with Gasteiger partial charge in [0.1, 0.15) is 0 Å². The molecule has 0 aromatic carbocycles. The summed E-state index contributed by atoms with van der Waals surface area (Å²) in [6.07, 6.45) is -0.934. The van der Waals surface area contributed by atoms with E-state index in [1.807, 2.05) is 0 Å². The molecular weight excluding hydrogens is 421 g/mol. The summed E-state index contributed by atoms with van der Waals surface area (Å²) >= 11 is 1.37. The number of rotatable bonds is 4. The van der Waals surface area contributed by atoms with Crippen molar-refractivity contribution in [1.82, 2.24) is 24.6 Å². The highest BCUT2D eigenvalue weighted by Crippen LogP contribution is 2.27. The highest BCUT2D eigenvalue weighted by Gasteiger charge is 2.30. The molecule has 0 aliphatic rings. The minimum absolute atomic E-state index is 0.0155. The second kappa shape index (κ2) is 7.71. The van der Waals surface area contributed by atoms with Gasteiger partial charge in [0.25, 0.3) is 0 Å². The van der Waals surface area contributed by atoms with E-state index >= 15 is 0 Å². The van der Waals surface area contributed by atoms with Crippen LogP contribution in [0.15, 0.2) is 42.3 Å². The fourth-order valence-corrected chi connectivity index (χ4v) is 3.36. The number of aryl methyl sites for hydroxylation is 1. The molecule has 0 unspecified atom stereocenters. The van der Waals surface area contributed by atoms with Crippen LogP contribution in [0.2, 0.25) is 0 Å². The van der Waals surface area contributed by atoms with Gasteiger partial charge in [0.15, 0.2) is 22.2 Å². The molecule has 12 heteroatoms. The van der Waals surface area contributed by atoms with Gasteiger partial charge >= 0.3 is 12.3 Å². The standard InChI is InChI=1S/C18H13F3N6O2S/c1-10-13(8-24-14(25-10)16-23-5-6-30-16)29-17(28)26-27-9-11(7-18(19,20)21)12-3-2-4-22-15(12)27/h2-6,8-9H,7H2,1H3,(H,26,28). The Morgan fingerprint density at radius 3 is 2.80 bits per heavy atom. The van der Waals surface area contributed by atoms with Gasteiger partial charge in [-0.1, -0.05) is 0 Å². The van der Waals surface area contributed by atoms with Gasteiger partial charge in [-0.15, -0.1) is 11.3 Å². The summed E-state index contributed by atoms with van der Waals surface area (Å²) in [6.45, 7) is 1.63. The Bertz CT molecular complexity index is 1210. The average Bonchev–Trinajstić information content (AvgIpc) is 3.32. The quantitative estimate of drug-likeness (QED) is 0.520. The molecule has 0 atom stereocenters. The van der Waals surface area contributed by atoms with E-state index in [1.165, 1.54) is 42.1 Å². The first kappa shape index (κ1) is 19.8. The zero-order valence-electron chi connectivity index (χ0n) is 15.3. The van der Waals surface area contributed by atoms with Crippen LogP contribution in [-0.2, 0) is 6.42 Å². The fourth-order valence-electron chi connectivity index (χ4n) is 2.78. The lowest BCUT2D eigenvalue weighted by atomic mass is 10.1. The smallest absolute Gasteiger partial charge is 0.406 e. The number of nitrogens with one attached hydrogen (secondary N) is 1. The number of ether oxygens (including phenoxy) is 1. The Hall–Kier alpha value is -3.54. The van der Waals surface area contributed by atoms with Crippen molar-refractivity contribution in [1.29, 1.82) is 0 Å². The predicted molar refractivity (Wildman–Crippen MR) is 103 cm³/mol. The van der Waals surface area contributed by atoms with Crippen LogP contribution in [0, 0.1) is 6.92 Å². The van der Waals surface area contributed by atoms with E-state index in [0.717, 1.165) is 4.68 Å². The zero-order chi connectivity index (χ0) is 21.3. The number of hydrogen-bond donors (Lipinski definition) is 1. The average molecular weight is 434 g/mol. The molecule has 1 amide bonds. The summed E-state index contributed by atoms with van der Waals surface area (Å²) in [5, 5.41) is 2.69. The van der Waals surface area contributed by atoms with Crippen LogP contribution in [0.3, 0.4) is 0 Å². The monoisotopic (exact) mass is 434 g/mol. The second-order valence-electron chi connectivity index (χ2n) is 6.17. The van der Waals surface area contributed by atoms with Gasteiger partial charge in [0.2, 0.25) is 0 Å². The van der Waals surface area contributed by atoms with Gasteiger partial charge in [0.05, 0.1) is 18.3 Å². The topological polar surface area (TPSA) is 94.8 Å². The third-order valence-electron chi connectivity index (χ3n) is 4.01. The van der Waals surface area contributed by atoms with Crippen molar-refractivity contribution >= 4 is 28.5 Å². The summed E-state index contributed by atoms with van der Waals surface area (Å²) in [7, 11) is 0. The van der Waals surface area contributed by atoms with Crippen molar-refractivity contribution in [2.75, 3.05) is 5.43 Å². The maximum absolute atomic E-state index is 12.8.